The summed E-state index contributed by atoms with van der Waals surface area (Å²) in [6.45, 7) is 1.21. The first-order chi connectivity index (χ1) is 15.5. The molecule has 0 amide bonds. The molecule has 160 valence electrons. The zero-order chi connectivity index (χ0) is 21.9. The highest BCUT2D eigenvalue weighted by Gasteiger charge is 2.38. The van der Waals surface area contributed by atoms with Crippen molar-refractivity contribution in [3.05, 3.63) is 77.1 Å². The normalized spacial score (nSPS) is 16.8. The highest BCUT2D eigenvalue weighted by Crippen LogP contribution is 2.40. The second kappa shape index (κ2) is 7.20. The molecule has 6 rings (SSSR count). The summed E-state index contributed by atoms with van der Waals surface area (Å²) < 4.78 is 19.1. The van der Waals surface area contributed by atoms with Gasteiger partial charge in [-0.2, -0.15) is 0 Å². The summed E-state index contributed by atoms with van der Waals surface area (Å²) in [7, 11) is 0. The van der Waals surface area contributed by atoms with Gasteiger partial charge in [0.25, 0.3) is 0 Å². The molecule has 2 aromatic carbocycles. The van der Waals surface area contributed by atoms with Crippen LogP contribution in [0.2, 0.25) is 5.02 Å². The summed E-state index contributed by atoms with van der Waals surface area (Å²) in [5.41, 5.74) is 4.13. The third kappa shape index (κ3) is 3.04. The van der Waals surface area contributed by atoms with Crippen LogP contribution < -0.4 is 4.90 Å². The minimum Gasteiger partial charge on any atom is -0.380 e. The fourth-order valence-electron chi connectivity index (χ4n) is 4.35. The summed E-state index contributed by atoms with van der Waals surface area (Å²) in [6, 6.07) is 11.0. The summed E-state index contributed by atoms with van der Waals surface area (Å²) in [5, 5.41) is 11.6. The van der Waals surface area contributed by atoms with Crippen LogP contribution in [-0.2, 0) is 16.8 Å². The van der Waals surface area contributed by atoms with Crippen molar-refractivity contribution >= 4 is 34.0 Å². The van der Waals surface area contributed by atoms with Gasteiger partial charge in [0, 0.05) is 41.1 Å². The zero-order valence-electron chi connectivity index (χ0n) is 16.9. The Morgan fingerprint density at radius 1 is 1.06 bits per heavy atom. The lowest BCUT2D eigenvalue weighted by Crippen LogP contribution is -2.46. The Balaban J connectivity index is 1.46. The summed E-state index contributed by atoms with van der Waals surface area (Å²) in [6.07, 6.45) is 5.69. The van der Waals surface area contributed by atoms with E-state index >= 15 is 0 Å². The molecule has 1 fully saturated rings. The average Bonchev–Trinajstić information content (AvgIpc) is 3.19. The average molecular weight is 449 g/mol. The number of aromatic nitrogens is 3. The van der Waals surface area contributed by atoms with Crippen molar-refractivity contribution < 1.29 is 14.2 Å². The van der Waals surface area contributed by atoms with E-state index in [-0.39, 0.29) is 18.2 Å². The van der Waals surface area contributed by atoms with E-state index in [1.165, 1.54) is 12.4 Å². The molecule has 2 aliphatic rings. The molecule has 32 heavy (non-hydrogen) atoms. The molecule has 0 saturated carbocycles. The van der Waals surface area contributed by atoms with Crippen LogP contribution >= 0.6 is 11.6 Å². The molecule has 0 aliphatic carbocycles. The van der Waals surface area contributed by atoms with Crippen molar-refractivity contribution in [1.29, 1.82) is 0 Å². The summed E-state index contributed by atoms with van der Waals surface area (Å²) >= 11 is 6.07. The van der Waals surface area contributed by atoms with E-state index in [0.29, 0.717) is 13.0 Å². The Kier molecular flexibility index (Phi) is 4.40. The summed E-state index contributed by atoms with van der Waals surface area (Å²) in [4.78, 5) is 15.4. The number of halogens is 2. The van der Waals surface area contributed by atoms with Crippen LogP contribution in [0.25, 0.3) is 22.0 Å². The van der Waals surface area contributed by atoms with Crippen molar-refractivity contribution in [2.24, 2.45) is 0 Å². The maximum atomic E-state index is 13.9. The Labute approximate surface area is 188 Å². The Bertz CT molecular complexity index is 1380. The lowest BCUT2D eigenvalue weighted by atomic mass is 9.91. The van der Waals surface area contributed by atoms with E-state index < -0.39 is 11.4 Å². The fourth-order valence-corrected chi connectivity index (χ4v) is 4.51. The molecule has 2 aromatic heterocycles. The highest BCUT2D eigenvalue weighted by molar-refractivity contribution is 6.31. The number of aliphatic hydroxyl groups is 1. The Hall–Kier alpha value is -3.13. The van der Waals surface area contributed by atoms with E-state index in [1.807, 2.05) is 24.3 Å². The molecule has 0 atom stereocenters. The van der Waals surface area contributed by atoms with Crippen LogP contribution in [0.5, 0.6) is 0 Å². The standard InChI is InChI=1S/C24H18ClFN4O2/c25-19-8-22-15(7-20(19)26)3-4-30(22)23-18-6-14(1-2-21(18)28-13-29-23)16-5-17(10-27-9-16)24(31)11-32-12-24/h1-2,5-10,13,31H,3-4,11-12H2. The topological polar surface area (TPSA) is 71.4 Å². The number of rotatable bonds is 3. The van der Waals surface area contributed by atoms with Crippen LogP contribution in [0.15, 0.2) is 55.1 Å². The number of hydrogen-bond acceptors (Lipinski definition) is 6. The predicted molar refractivity (Wildman–Crippen MR) is 120 cm³/mol. The van der Waals surface area contributed by atoms with E-state index in [2.05, 4.69) is 19.9 Å². The van der Waals surface area contributed by atoms with Gasteiger partial charge in [-0.3, -0.25) is 4.98 Å². The van der Waals surface area contributed by atoms with Crippen molar-refractivity contribution in [1.82, 2.24) is 15.0 Å². The van der Waals surface area contributed by atoms with Crippen molar-refractivity contribution in [2.75, 3.05) is 24.7 Å². The monoisotopic (exact) mass is 448 g/mol. The lowest BCUT2D eigenvalue weighted by molar-refractivity contribution is -0.184. The van der Waals surface area contributed by atoms with E-state index in [4.69, 9.17) is 16.3 Å². The highest BCUT2D eigenvalue weighted by atomic mass is 35.5. The number of ether oxygens (including phenoxy) is 1. The molecular weight excluding hydrogens is 431 g/mol. The third-order valence-electron chi connectivity index (χ3n) is 6.18. The number of anilines is 2. The van der Waals surface area contributed by atoms with Gasteiger partial charge in [0.2, 0.25) is 0 Å². The zero-order valence-corrected chi connectivity index (χ0v) is 17.7. The van der Waals surface area contributed by atoms with Gasteiger partial charge < -0.3 is 14.7 Å². The number of pyridine rings is 1. The molecule has 1 saturated heterocycles. The summed E-state index contributed by atoms with van der Waals surface area (Å²) in [5.74, 6) is 0.335. The van der Waals surface area contributed by atoms with Crippen LogP contribution in [0.1, 0.15) is 11.1 Å². The smallest absolute Gasteiger partial charge is 0.144 e. The van der Waals surface area contributed by atoms with Gasteiger partial charge in [-0.25, -0.2) is 14.4 Å². The quantitative estimate of drug-likeness (QED) is 0.501. The van der Waals surface area contributed by atoms with Gasteiger partial charge in [0.05, 0.1) is 23.8 Å². The van der Waals surface area contributed by atoms with Crippen molar-refractivity contribution in [3.63, 3.8) is 0 Å². The number of fused-ring (bicyclic) bond motifs is 2. The van der Waals surface area contributed by atoms with E-state index in [1.54, 1.807) is 18.5 Å². The molecule has 0 bridgehead atoms. The van der Waals surface area contributed by atoms with Gasteiger partial charge in [0.15, 0.2) is 0 Å². The van der Waals surface area contributed by atoms with Crippen LogP contribution in [0.4, 0.5) is 15.9 Å². The second-order valence-corrected chi connectivity index (χ2v) is 8.62. The maximum absolute atomic E-state index is 13.9. The SMILES string of the molecule is OC1(c2cncc(-c3ccc4ncnc(N5CCc6cc(F)c(Cl)cc65)c4c3)c2)COC1. The van der Waals surface area contributed by atoms with Gasteiger partial charge in [0.1, 0.15) is 23.6 Å². The van der Waals surface area contributed by atoms with Gasteiger partial charge in [-0.15, -0.1) is 0 Å². The molecule has 0 unspecified atom stereocenters. The van der Waals surface area contributed by atoms with Crippen LogP contribution in [-0.4, -0.2) is 39.8 Å². The Morgan fingerprint density at radius 3 is 2.75 bits per heavy atom. The largest absolute Gasteiger partial charge is 0.380 e. The lowest BCUT2D eigenvalue weighted by Gasteiger charge is -2.36. The molecule has 1 N–H and O–H groups in total. The predicted octanol–water partition coefficient (Wildman–Crippen LogP) is 4.40. The molecule has 2 aliphatic heterocycles. The third-order valence-corrected chi connectivity index (χ3v) is 6.47. The molecule has 0 spiro atoms. The van der Waals surface area contributed by atoms with Gasteiger partial charge in [-0.05, 0) is 47.9 Å². The van der Waals surface area contributed by atoms with Gasteiger partial charge in [-0.1, -0.05) is 17.7 Å². The first-order valence-corrected chi connectivity index (χ1v) is 10.7. The minimum absolute atomic E-state index is 0.0931. The maximum Gasteiger partial charge on any atom is 0.144 e. The number of nitrogens with zero attached hydrogens (tertiary/aromatic N) is 4. The van der Waals surface area contributed by atoms with Crippen molar-refractivity contribution in [3.8, 4) is 11.1 Å². The molecular formula is C24H18ClFN4O2. The molecule has 6 nitrogen and oxygen atoms in total. The van der Waals surface area contributed by atoms with E-state index in [0.717, 1.165) is 44.7 Å². The van der Waals surface area contributed by atoms with Gasteiger partial charge >= 0.3 is 0 Å². The first-order valence-electron chi connectivity index (χ1n) is 10.3. The minimum atomic E-state index is -0.984. The molecule has 0 radical (unpaired) electrons. The Morgan fingerprint density at radius 2 is 1.94 bits per heavy atom. The van der Waals surface area contributed by atoms with Crippen LogP contribution in [0, 0.1) is 5.82 Å². The fraction of sp³-hybridized carbons (Fsp3) is 0.208. The van der Waals surface area contributed by atoms with E-state index in [9.17, 15) is 9.50 Å². The second-order valence-electron chi connectivity index (χ2n) is 8.21. The molecule has 8 heteroatoms. The van der Waals surface area contributed by atoms with Crippen LogP contribution in [0.3, 0.4) is 0 Å². The first kappa shape index (κ1) is 19.5. The number of benzene rings is 2. The molecule has 4 heterocycles. The molecule has 4 aromatic rings. The number of hydrogen-bond donors (Lipinski definition) is 1. The van der Waals surface area contributed by atoms with Crippen molar-refractivity contribution in [2.45, 2.75) is 12.0 Å².